The van der Waals surface area contributed by atoms with Gasteiger partial charge in [-0.2, -0.15) is 0 Å². The second kappa shape index (κ2) is 6.26. The molecule has 0 bridgehead atoms. The lowest BCUT2D eigenvalue weighted by atomic mass is 10.00. The van der Waals surface area contributed by atoms with Crippen LogP contribution in [0.4, 0.5) is 4.39 Å². The van der Waals surface area contributed by atoms with Crippen LogP contribution in [0, 0.1) is 5.82 Å². The Labute approximate surface area is 107 Å². The fraction of sp³-hybridized carbons (Fsp3) is 0.267. The van der Waals surface area contributed by atoms with E-state index in [4.69, 9.17) is 0 Å². The molecule has 94 valence electrons. The van der Waals surface area contributed by atoms with E-state index in [1.807, 2.05) is 25.2 Å². The molecule has 0 aliphatic rings. The van der Waals surface area contributed by atoms with Crippen molar-refractivity contribution in [1.82, 2.24) is 10.3 Å². The topological polar surface area (TPSA) is 24.9 Å². The molecule has 0 fully saturated rings. The summed E-state index contributed by atoms with van der Waals surface area (Å²) in [4.78, 5) is 3.87. The maximum Gasteiger partial charge on any atom is 0.141 e. The van der Waals surface area contributed by atoms with Crippen LogP contribution in [-0.2, 0) is 6.42 Å². The zero-order chi connectivity index (χ0) is 12.8. The van der Waals surface area contributed by atoms with Gasteiger partial charge in [0, 0.05) is 12.2 Å². The molecule has 1 aromatic heterocycles. The number of hydrogen-bond donors (Lipinski definition) is 1. The van der Waals surface area contributed by atoms with Crippen LogP contribution in [0.2, 0.25) is 0 Å². The Balaban J connectivity index is 2.00. The Bertz CT molecular complexity index is 485. The van der Waals surface area contributed by atoms with Gasteiger partial charge in [-0.3, -0.25) is 4.98 Å². The number of nitrogens with zero attached hydrogens (tertiary/aromatic N) is 1. The summed E-state index contributed by atoms with van der Waals surface area (Å²) in [6.07, 6.45) is 4.69. The molecule has 1 unspecified atom stereocenters. The van der Waals surface area contributed by atoms with Crippen molar-refractivity contribution in [2.75, 3.05) is 7.05 Å². The van der Waals surface area contributed by atoms with E-state index in [-0.39, 0.29) is 11.9 Å². The fourth-order valence-corrected chi connectivity index (χ4v) is 2.07. The van der Waals surface area contributed by atoms with Gasteiger partial charge in [-0.1, -0.05) is 30.3 Å². The van der Waals surface area contributed by atoms with E-state index in [0.717, 1.165) is 18.4 Å². The molecule has 0 spiro atoms. The smallest absolute Gasteiger partial charge is 0.141 e. The Kier molecular flexibility index (Phi) is 4.42. The van der Waals surface area contributed by atoms with Gasteiger partial charge in [0.2, 0.25) is 0 Å². The van der Waals surface area contributed by atoms with Gasteiger partial charge in [0.15, 0.2) is 0 Å². The first-order valence-electron chi connectivity index (χ1n) is 6.11. The van der Waals surface area contributed by atoms with Crippen molar-refractivity contribution in [3.05, 3.63) is 65.7 Å². The highest BCUT2D eigenvalue weighted by atomic mass is 19.1. The maximum absolute atomic E-state index is 13.0. The molecular formula is C15H17FN2. The lowest BCUT2D eigenvalue weighted by Gasteiger charge is -2.16. The molecule has 3 heteroatoms. The van der Waals surface area contributed by atoms with Crippen molar-refractivity contribution >= 4 is 0 Å². The second-order valence-electron chi connectivity index (χ2n) is 4.30. The average molecular weight is 244 g/mol. The van der Waals surface area contributed by atoms with Crippen LogP contribution < -0.4 is 5.32 Å². The largest absolute Gasteiger partial charge is 0.313 e. The molecular weight excluding hydrogens is 227 g/mol. The van der Waals surface area contributed by atoms with Gasteiger partial charge in [0.05, 0.1) is 6.20 Å². The first-order chi connectivity index (χ1) is 8.79. The SMILES string of the molecule is CNC(CCc1cncc(F)c1)c1ccccc1. The molecule has 2 aromatic rings. The Morgan fingerprint density at radius 3 is 2.67 bits per heavy atom. The predicted molar refractivity (Wildman–Crippen MR) is 70.8 cm³/mol. The number of aromatic nitrogens is 1. The molecule has 0 radical (unpaired) electrons. The third-order valence-electron chi connectivity index (χ3n) is 3.03. The predicted octanol–water partition coefficient (Wildman–Crippen LogP) is 3.11. The number of halogens is 1. The van der Waals surface area contributed by atoms with E-state index >= 15 is 0 Å². The van der Waals surface area contributed by atoms with Crippen LogP contribution >= 0.6 is 0 Å². The average Bonchev–Trinajstić information content (AvgIpc) is 2.41. The summed E-state index contributed by atoms with van der Waals surface area (Å²) in [7, 11) is 1.95. The van der Waals surface area contributed by atoms with Crippen molar-refractivity contribution < 1.29 is 4.39 Å². The molecule has 18 heavy (non-hydrogen) atoms. The van der Waals surface area contributed by atoms with Gasteiger partial charge in [0.1, 0.15) is 5.82 Å². The Morgan fingerprint density at radius 2 is 2.00 bits per heavy atom. The van der Waals surface area contributed by atoms with Gasteiger partial charge in [-0.15, -0.1) is 0 Å². The second-order valence-corrected chi connectivity index (χ2v) is 4.30. The van der Waals surface area contributed by atoms with E-state index in [1.54, 1.807) is 12.3 Å². The minimum atomic E-state index is -0.270. The maximum atomic E-state index is 13.0. The molecule has 2 nitrogen and oxygen atoms in total. The quantitative estimate of drug-likeness (QED) is 0.874. The van der Waals surface area contributed by atoms with Crippen molar-refractivity contribution in [1.29, 1.82) is 0 Å². The summed E-state index contributed by atoms with van der Waals surface area (Å²) in [6, 6.07) is 12.1. The van der Waals surface area contributed by atoms with E-state index in [1.165, 1.54) is 11.8 Å². The highest BCUT2D eigenvalue weighted by Crippen LogP contribution is 2.18. The number of aryl methyl sites for hydroxylation is 1. The summed E-state index contributed by atoms with van der Waals surface area (Å²) < 4.78 is 13.0. The van der Waals surface area contributed by atoms with Crippen molar-refractivity contribution in [2.45, 2.75) is 18.9 Å². The highest BCUT2D eigenvalue weighted by Gasteiger charge is 2.08. The Morgan fingerprint density at radius 1 is 1.22 bits per heavy atom. The highest BCUT2D eigenvalue weighted by molar-refractivity contribution is 5.19. The van der Waals surface area contributed by atoms with E-state index in [2.05, 4.69) is 22.4 Å². The third-order valence-corrected chi connectivity index (χ3v) is 3.03. The lowest BCUT2D eigenvalue weighted by molar-refractivity contribution is 0.546. The van der Waals surface area contributed by atoms with Crippen LogP contribution in [0.1, 0.15) is 23.6 Å². The van der Waals surface area contributed by atoms with Crippen LogP contribution in [0.5, 0.6) is 0 Å². The molecule has 2 rings (SSSR count). The van der Waals surface area contributed by atoms with Gasteiger partial charge in [-0.25, -0.2) is 4.39 Å². The van der Waals surface area contributed by atoms with Crippen LogP contribution in [0.15, 0.2) is 48.8 Å². The number of hydrogen-bond acceptors (Lipinski definition) is 2. The third kappa shape index (κ3) is 3.37. The van der Waals surface area contributed by atoms with Gasteiger partial charge in [0.25, 0.3) is 0 Å². The zero-order valence-electron chi connectivity index (χ0n) is 10.4. The lowest BCUT2D eigenvalue weighted by Crippen LogP contribution is -2.17. The standard InChI is InChI=1S/C15H17FN2/c1-17-15(13-5-3-2-4-6-13)8-7-12-9-14(16)11-18-10-12/h2-6,9-11,15,17H,7-8H2,1H3. The monoisotopic (exact) mass is 244 g/mol. The zero-order valence-corrected chi connectivity index (χ0v) is 10.4. The van der Waals surface area contributed by atoms with Crippen molar-refractivity contribution in [3.63, 3.8) is 0 Å². The number of benzene rings is 1. The van der Waals surface area contributed by atoms with Crippen molar-refractivity contribution in [3.8, 4) is 0 Å². The summed E-state index contributed by atoms with van der Waals surface area (Å²) in [5.41, 5.74) is 2.19. The molecule has 0 saturated heterocycles. The van der Waals surface area contributed by atoms with Crippen LogP contribution in [0.3, 0.4) is 0 Å². The summed E-state index contributed by atoms with van der Waals surface area (Å²) >= 11 is 0. The number of rotatable bonds is 5. The molecule has 0 aliphatic heterocycles. The molecule has 0 amide bonds. The van der Waals surface area contributed by atoms with E-state index < -0.39 is 0 Å². The fourth-order valence-electron chi connectivity index (χ4n) is 2.07. The Hall–Kier alpha value is -1.74. The first-order valence-corrected chi connectivity index (χ1v) is 6.11. The molecule has 0 aliphatic carbocycles. The summed E-state index contributed by atoms with van der Waals surface area (Å²) in [6.45, 7) is 0. The summed E-state index contributed by atoms with van der Waals surface area (Å²) in [5, 5.41) is 3.29. The van der Waals surface area contributed by atoms with E-state index in [9.17, 15) is 4.39 Å². The van der Waals surface area contributed by atoms with Gasteiger partial charge >= 0.3 is 0 Å². The molecule has 0 saturated carbocycles. The number of pyridine rings is 1. The van der Waals surface area contributed by atoms with E-state index in [0.29, 0.717) is 0 Å². The normalized spacial score (nSPS) is 12.3. The molecule has 1 N–H and O–H groups in total. The molecule has 1 aromatic carbocycles. The van der Waals surface area contributed by atoms with Crippen LogP contribution in [-0.4, -0.2) is 12.0 Å². The van der Waals surface area contributed by atoms with Crippen LogP contribution in [0.25, 0.3) is 0 Å². The molecule has 1 heterocycles. The number of nitrogens with one attached hydrogen (secondary N) is 1. The minimum absolute atomic E-state index is 0.270. The van der Waals surface area contributed by atoms with Crippen molar-refractivity contribution in [2.24, 2.45) is 0 Å². The van der Waals surface area contributed by atoms with Gasteiger partial charge < -0.3 is 5.32 Å². The molecule has 1 atom stereocenters. The van der Waals surface area contributed by atoms with Gasteiger partial charge in [-0.05, 0) is 37.1 Å². The minimum Gasteiger partial charge on any atom is -0.313 e. The summed E-state index contributed by atoms with van der Waals surface area (Å²) in [5.74, 6) is -0.270. The first kappa shape index (κ1) is 12.7.